The highest BCUT2D eigenvalue weighted by atomic mass is 14.2. The van der Waals surface area contributed by atoms with E-state index in [1.54, 1.807) is 0 Å². The Morgan fingerprint density at radius 1 is 0.611 bits per heavy atom. The molecule has 0 heterocycles. The Bertz CT molecular complexity index is 232. The largest absolute Gasteiger partial charge is 0.0851 e. The van der Waals surface area contributed by atoms with Crippen molar-refractivity contribution in [2.45, 2.75) is 96.3 Å². The monoisotopic (exact) mass is 248 g/mol. The van der Waals surface area contributed by atoms with Gasteiger partial charge >= 0.3 is 0 Å². The quantitative estimate of drug-likeness (QED) is 0.470. The van der Waals surface area contributed by atoms with Gasteiger partial charge in [-0.15, -0.1) is 0 Å². The fourth-order valence-electron chi connectivity index (χ4n) is 3.77. The molecule has 1 saturated carbocycles. The maximum absolute atomic E-state index is 2.65. The Morgan fingerprint density at radius 2 is 1.17 bits per heavy atom. The summed E-state index contributed by atoms with van der Waals surface area (Å²) in [7, 11) is 0. The first kappa shape index (κ1) is 14.2. The minimum atomic E-state index is 0.974. The molecule has 0 N–H and O–H groups in total. The molecule has 104 valence electrons. The molecule has 2 aliphatic rings. The third kappa shape index (κ3) is 5.16. The molecule has 0 nitrogen and oxygen atoms in total. The van der Waals surface area contributed by atoms with E-state index in [1.807, 2.05) is 5.57 Å². The fraction of sp³-hybridized carbons (Fsp3) is 0.889. The van der Waals surface area contributed by atoms with Gasteiger partial charge < -0.3 is 0 Å². The van der Waals surface area contributed by atoms with Gasteiger partial charge in [-0.3, -0.25) is 0 Å². The molecule has 0 aromatic rings. The number of hydrogen-bond donors (Lipinski definition) is 0. The SMILES string of the molecule is C1=C(C2CCCCC2)CCCCCCCCCC1. The molecule has 0 unspecified atom stereocenters. The molecular weight excluding hydrogens is 216 g/mol. The van der Waals surface area contributed by atoms with Crippen molar-refractivity contribution >= 4 is 0 Å². The summed E-state index contributed by atoms with van der Waals surface area (Å²) in [5, 5.41) is 0. The number of allylic oxidation sites excluding steroid dienone is 2. The Kier molecular flexibility index (Phi) is 6.90. The molecule has 0 spiro atoms. The minimum absolute atomic E-state index is 0.974. The summed E-state index contributed by atoms with van der Waals surface area (Å²) >= 11 is 0. The zero-order chi connectivity index (χ0) is 12.5. The van der Waals surface area contributed by atoms with E-state index in [0.717, 1.165) is 5.92 Å². The van der Waals surface area contributed by atoms with Gasteiger partial charge in [-0.1, -0.05) is 69.4 Å². The predicted octanol–water partition coefficient (Wildman–Crippen LogP) is 6.41. The second-order valence-electron chi connectivity index (χ2n) is 6.48. The van der Waals surface area contributed by atoms with Gasteiger partial charge in [0.05, 0.1) is 0 Å². The predicted molar refractivity (Wildman–Crippen MR) is 80.8 cm³/mol. The average Bonchev–Trinajstić information content (AvgIpc) is 2.40. The van der Waals surface area contributed by atoms with Crippen molar-refractivity contribution in [1.29, 1.82) is 0 Å². The molecule has 0 aromatic heterocycles. The average molecular weight is 248 g/mol. The van der Waals surface area contributed by atoms with Crippen LogP contribution in [-0.4, -0.2) is 0 Å². The minimum Gasteiger partial charge on any atom is -0.0851 e. The van der Waals surface area contributed by atoms with Crippen LogP contribution in [0, 0.1) is 5.92 Å². The first-order valence-corrected chi connectivity index (χ1v) is 8.66. The highest BCUT2D eigenvalue weighted by molar-refractivity contribution is 5.07. The van der Waals surface area contributed by atoms with Crippen LogP contribution in [0.4, 0.5) is 0 Å². The van der Waals surface area contributed by atoms with Crippen LogP contribution in [-0.2, 0) is 0 Å². The van der Waals surface area contributed by atoms with E-state index < -0.39 is 0 Å². The molecule has 0 aromatic carbocycles. The first-order valence-electron chi connectivity index (χ1n) is 8.66. The summed E-state index contributed by atoms with van der Waals surface area (Å²) < 4.78 is 0. The van der Waals surface area contributed by atoms with Gasteiger partial charge in [0.25, 0.3) is 0 Å². The lowest BCUT2D eigenvalue weighted by Crippen LogP contribution is -2.09. The van der Waals surface area contributed by atoms with Gasteiger partial charge in [0.15, 0.2) is 0 Å². The zero-order valence-corrected chi connectivity index (χ0v) is 12.3. The summed E-state index contributed by atoms with van der Waals surface area (Å²) in [6, 6.07) is 0. The maximum Gasteiger partial charge on any atom is -0.0203 e. The van der Waals surface area contributed by atoms with Crippen molar-refractivity contribution in [3.63, 3.8) is 0 Å². The molecule has 0 bridgehead atoms. The van der Waals surface area contributed by atoms with Gasteiger partial charge in [0.2, 0.25) is 0 Å². The van der Waals surface area contributed by atoms with Crippen LogP contribution in [0.3, 0.4) is 0 Å². The topological polar surface area (TPSA) is 0 Å². The highest BCUT2D eigenvalue weighted by Crippen LogP contribution is 2.33. The van der Waals surface area contributed by atoms with Crippen LogP contribution in [0.1, 0.15) is 96.3 Å². The molecule has 18 heavy (non-hydrogen) atoms. The normalized spacial score (nSPS) is 25.9. The summed E-state index contributed by atoms with van der Waals surface area (Å²) in [4.78, 5) is 0. The molecule has 1 fully saturated rings. The fourth-order valence-corrected chi connectivity index (χ4v) is 3.77. The van der Waals surface area contributed by atoms with Gasteiger partial charge in [-0.25, -0.2) is 0 Å². The van der Waals surface area contributed by atoms with E-state index in [0.29, 0.717) is 0 Å². The first-order chi connectivity index (χ1) is 8.97. The van der Waals surface area contributed by atoms with Crippen molar-refractivity contribution in [2.24, 2.45) is 5.92 Å². The lowest BCUT2D eigenvalue weighted by Gasteiger charge is -2.25. The number of hydrogen-bond acceptors (Lipinski definition) is 0. The van der Waals surface area contributed by atoms with Crippen molar-refractivity contribution in [3.8, 4) is 0 Å². The van der Waals surface area contributed by atoms with E-state index in [4.69, 9.17) is 0 Å². The lowest BCUT2D eigenvalue weighted by molar-refractivity contribution is 0.390. The molecule has 2 aliphatic carbocycles. The second kappa shape index (κ2) is 8.77. The zero-order valence-electron chi connectivity index (χ0n) is 12.3. The molecular formula is C18H32. The van der Waals surface area contributed by atoms with Gasteiger partial charge in [-0.05, 0) is 44.4 Å². The van der Waals surface area contributed by atoms with Crippen molar-refractivity contribution in [2.75, 3.05) is 0 Å². The van der Waals surface area contributed by atoms with Crippen LogP contribution >= 0.6 is 0 Å². The number of rotatable bonds is 1. The van der Waals surface area contributed by atoms with E-state index >= 15 is 0 Å². The van der Waals surface area contributed by atoms with E-state index in [2.05, 4.69) is 6.08 Å². The summed E-state index contributed by atoms with van der Waals surface area (Å²) in [5.74, 6) is 0.974. The van der Waals surface area contributed by atoms with Crippen LogP contribution < -0.4 is 0 Å². The molecule has 0 aliphatic heterocycles. The molecule has 0 saturated heterocycles. The van der Waals surface area contributed by atoms with Crippen molar-refractivity contribution in [3.05, 3.63) is 11.6 Å². The Balaban J connectivity index is 1.85. The van der Waals surface area contributed by atoms with E-state index in [9.17, 15) is 0 Å². The van der Waals surface area contributed by atoms with Gasteiger partial charge in [-0.2, -0.15) is 0 Å². The molecule has 2 rings (SSSR count). The summed E-state index contributed by atoms with van der Waals surface area (Å²) in [5.41, 5.74) is 1.86. The van der Waals surface area contributed by atoms with Crippen LogP contribution in [0.2, 0.25) is 0 Å². The highest BCUT2D eigenvalue weighted by Gasteiger charge is 2.17. The molecule has 0 radical (unpaired) electrons. The molecule has 0 heteroatoms. The van der Waals surface area contributed by atoms with Crippen molar-refractivity contribution < 1.29 is 0 Å². The molecule has 0 atom stereocenters. The van der Waals surface area contributed by atoms with Gasteiger partial charge in [0, 0.05) is 0 Å². The van der Waals surface area contributed by atoms with E-state index in [1.165, 1.54) is 96.3 Å². The Morgan fingerprint density at radius 3 is 1.89 bits per heavy atom. The molecule has 0 amide bonds. The summed E-state index contributed by atoms with van der Waals surface area (Å²) in [6.45, 7) is 0. The van der Waals surface area contributed by atoms with E-state index in [-0.39, 0.29) is 0 Å². The lowest BCUT2D eigenvalue weighted by atomic mass is 9.81. The Hall–Kier alpha value is -0.260. The van der Waals surface area contributed by atoms with Crippen LogP contribution in [0.15, 0.2) is 11.6 Å². The van der Waals surface area contributed by atoms with Crippen molar-refractivity contribution in [1.82, 2.24) is 0 Å². The smallest absolute Gasteiger partial charge is 0.0203 e. The standard InChI is InChI=1S/C18H32/c1-2-4-6-9-13-17(14-10-7-5-3-1)18-15-11-8-12-16-18/h13,18H,1-12,14-16H2. The van der Waals surface area contributed by atoms with Crippen LogP contribution in [0.5, 0.6) is 0 Å². The summed E-state index contributed by atoms with van der Waals surface area (Å²) in [6.07, 6.45) is 24.7. The maximum atomic E-state index is 2.65. The third-order valence-electron chi connectivity index (χ3n) is 4.96. The van der Waals surface area contributed by atoms with Gasteiger partial charge in [0.1, 0.15) is 0 Å². The second-order valence-corrected chi connectivity index (χ2v) is 6.48. The van der Waals surface area contributed by atoms with Crippen LogP contribution in [0.25, 0.3) is 0 Å². The Labute approximate surface area is 114 Å². The third-order valence-corrected chi connectivity index (χ3v) is 4.96.